The average Bonchev–Trinajstić information content (AvgIpc) is 2.34. The van der Waals surface area contributed by atoms with Gasteiger partial charge in [0.15, 0.2) is 5.17 Å². The van der Waals surface area contributed by atoms with Crippen molar-refractivity contribution in [1.29, 1.82) is 0 Å². The fraction of sp³-hybridized carbons (Fsp3) is 0.429. The quantitative estimate of drug-likeness (QED) is 0.380. The fourth-order valence-corrected chi connectivity index (χ4v) is 2.14. The zero-order valence-electron chi connectivity index (χ0n) is 11.6. The van der Waals surface area contributed by atoms with Crippen LogP contribution in [0.15, 0.2) is 27.8 Å². The molecule has 0 saturated carbocycles. The molecule has 0 fully saturated rings. The van der Waals surface area contributed by atoms with Gasteiger partial charge in [-0.15, -0.1) is 0 Å². The number of rotatable bonds is 4. The smallest absolute Gasteiger partial charge is 0.306 e. The minimum atomic E-state index is -0.483. The van der Waals surface area contributed by atoms with Gasteiger partial charge in [0, 0.05) is 16.5 Å². The molecule has 1 aromatic carbocycles. The molecule has 0 spiro atoms. The summed E-state index contributed by atoms with van der Waals surface area (Å²) in [5.41, 5.74) is 1.01. The molecule has 0 amide bonds. The maximum Gasteiger partial charge on any atom is 0.306 e. The Morgan fingerprint density at radius 2 is 2.10 bits per heavy atom. The molecule has 0 atom stereocenters. The highest BCUT2D eigenvalue weighted by atomic mass is 79.9. The number of hydrogen-bond donors (Lipinski definition) is 1. The molecule has 1 rings (SSSR count). The van der Waals surface area contributed by atoms with E-state index in [0.29, 0.717) is 12.0 Å². The molecule has 0 aliphatic carbocycles. The van der Waals surface area contributed by atoms with Gasteiger partial charge >= 0.3 is 5.97 Å². The van der Waals surface area contributed by atoms with Crippen molar-refractivity contribution < 1.29 is 14.7 Å². The number of carbonyl (C=O) groups excluding carboxylic acids is 1. The van der Waals surface area contributed by atoms with E-state index in [2.05, 4.69) is 21.1 Å². The van der Waals surface area contributed by atoms with Crippen LogP contribution in [-0.4, -0.2) is 21.9 Å². The molecule has 0 radical (unpaired) electrons. The first-order valence-corrected chi connectivity index (χ1v) is 7.28. The van der Waals surface area contributed by atoms with Crippen molar-refractivity contribution in [3.8, 4) is 0 Å². The molecule has 6 heteroatoms. The summed E-state index contributed by atoms with van der Waals surface area (Å²) in [6, 6.07) is 5.30. The van der Waals surface area contributed by atoms with E-state index >= 15 is 0 Å². The van der Waals surface area contributed by atoms with E-state index in [1.807, 2.05) is 20.8 Å². The second-order valence-electron chi connectivity index (χ2n) is 5.28. The van der Waals surface area contributed by atoms with Gasteiger partial charge in [0.05, 0.1) is 0 Å². The molecular formula is C14H17BrClNO3. The van der Waals surface area contributed by atoms with Gasteiger partial charge in [-0.3, -0.25) is 4.79 Å². The number of ether oxygens (including phenoxy) is 1. The third-order valence-corrected chi connectivity index (χ3v) is 3.46. The summed E-state index contributed by atoms with van der Waals surface area (Å²) in [6.07, 6.45) is 0.784. The minimum absolute atomic E-state index is 0.0102. The summed E-state index contributed by atoms with van der Waals surface area (Å²) in [7, 11) is 0. The Hall–Kier alpha value is -1.07. The maximum absolute atomic E-state index is 11.7. The first-order chi connectivity index (χ1) is 9.23. The Balaban J connectivity index is 2.75. The van der Waals surface area contributed by atoms with Gasteiger partial charge in [-0.05, 0) is 44.9 Å². The highest BCUT2D eigenvalue weighted by molar-refractivity contribution is 9.10. The Morgan fingerprint density at radius 1 is 1.45 bits per heavy atom. The molecule has 1 aromatic rings. The first-order valence-electron chi connectivity index (χ1n) is 6.11. The van der Waals surface area contributed by atoms with E-state index < -0.39 is 5.60 Å². The number of carbonyl (C=O) groups is 1. The van der Waals surface area contributed by atoms with Crippen LogP contribution in [0.4, 0.5) is 0 Å². The van der Waals surface area contributed by atoms with Gasteiger partial charge in [-0.1, -0.05) is 38.8 Å². The van der Waals surface area contributed by atoms with Crippen molar-refractivity contribution in [3.63, 3.8) is 0 Å². The molecule has 0 unspecified atom stereocenters. The average molecular weight is 363 g/mol. The summed E-state index contributed by atoms with van der Waals surface area (Å²) >= 11 is 9.17. The van der Waals surface area contributed by atoms with Crippen LogP contribution in [0.3, 0.4) is 0 Å². The van der Waals surface area contributed by atoms with Crippen LogP contribution in [0.5, 0.6) is 0 Å². The highest BCUT2D eigenvalue weighted by Crippen LogP contribution is 2.21. The lowest BCUT2D eigenvalue weighted by atomic mass is 10.1. The third-order valence-electron chi connectivity index (χ3n) is 2.39. The van der Waals surface area contributed by atoms with E-state index in [9.17, 15) is 4.79 Å². The van der Waals surface area contributed by atoms with E-state index in [1.165, 1.54) is 0 Å². The van der Waals surface area contributed by atoms with Gasteiger partial charge in [0.1, 0.15) is 5.60 Å². The molecule has 1 N–H and O–H groups in total. The summed E-state index contributed by atoms with van der Waals surface area (Å²) in [5, 5.41) is 11.6. The third kappa shape index (κ3) is 5.51. The standard InChI is InChI=1S/C14H17BrClNO3/c1-14(2,3)20-12(18)7-5-9-8-10(13(16)17-19)4-6-11(9)15/h4,6,8,19H,5,7H2,1-3H3. The molecule has 20 heavy (non-hydrogen) atoms. The van der Waals surface area contributed by atoms with Crippen LogP contribution in [0, 0.1) is 0 Å². The van der Waals surface area contributed by atoms with Crippen LogP contribution in [0.1, 0.15) is 38.3 Å². The largest absolute Gasteiger partial charge is 0.460 e. The molecule has 0 bridgehead atoms. The predicted molar refractivity (Wildman–Crippen MR) is 82.5 cm³/mol. The lowest BCUT2D eigenvalue weighted by Crippen LogP contribution is -2.24. The van der Waals surface area contributed by atoms with Gasteiger partial charge < -0.3 is 9.94 Å². The fourth-order valence-electron chi connectivity index (χ4n) is 1.58. The van der Waals surface area contributed by atoms with Crippen molar-refractivity contribution >= 4 is 38.7 Å². The summed E-state index contributed by atoms with van der Waals surface area (Å²) in [5.74, 6) is -0.253. The highest BCUT2D eigenvalue weighted by Gasteiger charge is 2.16. The second-order valence-corrected chi connectivity index (χ2v) is 6.50. The van der Waals surface area contributed by atoms with Crippen molar-refractivity contribution in [2.75, 3.05) is 0 Å². The van der Waals surface area contributed by atoms with Gasteiger partial charge in [0.25, 0.3) is 0 Å². The molecule has 4 nitrogen and oxygen atoms in total. The van der Waals surface area contributed by atoms with Crippen molar-refractivity contribution in [2.24, 2.45) is 5.16 Å². The molecule has 0 aliphatic heterocycles. The molecule has 110 valence electrons. The number of aryl methyl sites for hydroxylation is 1. The Bertz CT molecular complexity index is 524. The van der Waals surface area contributed by atoms with Crippen molar-refractivity contribution in [1.82, 2.24) is 0 Å². The molecule has 0 aromatic heterocycles. The Labute approximate surface area is 131 Å². The lowest BCUT2D eigenvalue weighted by Gasteiger charge is -2.19. The number of nitrogens with zero attached hydrogens (tertiary/aromatic N) is 1. The summed E-state index contributed by atoms with van der Waals surface area (Å²) < 4.78 is 6.12. The first kappa shape index (κ1) is 17.0. The summed E-state index contributed by atoms with van der Waals surface area (Å²) in [4.78, 5) is 11.7. The number of oxime groups is 1. The van der Waals surface area contributed by atoms with E-state index in [0.717, 1.165) is 10.0 Å². The van der Waals surface area contributed by atoms with Crippen LogP contribution < -0.4 is 0 Å². The SMILES string of the molecule is CC(C)(C)OC(=O)CCc1cc(C(Cl)=NO)ccc1Br. The zero-order chi connectivity index (χ0) is 15.3. The molecular weight excluding hydrogens is 346 g/mol. The molecule has 0 saturated heterocycles. The van der Waals surface area contributed by atoms with E-state index in [1.54, 1.807) is 18.2 Å². The zero-order valence-corrected chi connectivity index (χ0v) is 14.0. The molecule has 0 aliphatic rings. The van der Waals surface area contributed by atoms with Crippen molar-refractivity contribution in [2.45, 2.75) is 39.2 Å². The number of halogens is 2. The normalized spacial score (nSPS) is 12.3. The van der Waals surface area contributed by atoms with Gasteiger partial charge in [-0.25, -0.2) is 0 Å². The number of benzene rings is 1. The lowest BCUT2D eigenvalue weighted by molar-refractivity contribution is -0.154. The predicted octanol–water partition coefficient (Wildman–Crippen LogP) is 4.10. The molecule has 0 heterocycles. The summed E-state index contributed by atoms with van der Waals surface area (Å²) in [6.45, 7) is 5.50. The van der Waals surface area contributed by atoms with Crippen LogP contribution in [-0.2, 0) is 16.0 Å². The second kappa shape index (κ2) is 7.09. The van der Waals surface area contributed by atoms with Crippen LogP contribution in [0.25, 0.3) is 0 Å². The minimum Gasteiger partial charge on any atom is -0.460 e. The van der Waals surface area contributed by atoms with Gasteiger partial charge in [-0.2, -0.15) is 0 Å². The van der Waals surface area contributed by atoms with Crippen molar-refractivity contribution in [3.05, 3.63) is 33.8 Å². The number of hydrogen-bond acceptors (Lipinski definition) is 4. The van der Waals surface area contributed by atoms with Crippen LogP contribution >= 0.6 is 27.5 Å². The van der Waals surface area contributed by atoms with E-state index in [-0.39, 0.29) is 17.6 Å². The monoisotopic (exact) mass is 361 g/mol. The Kier molecular flexibility index (Phi) is 6.02. The number of esters is 1. The van der Waals surface area contributed by atoms with Gasteiger partial charge in [0.2, 0.25) is 0 Å². The maximum atomic E-state index is 11.7. The van der Waals surface area contributed by atoms with E-state index in [4.69, 9.17) is 21.5 Å². The topological polar surface area (TPSA) is 58.9 Å². The Morgan fingerprint density at radius 3 is 2.65 bits per heavy atom. The van der Waals surface area contributed by atoms with Crippen LogP contribution in [0.2, 0.25) is 0 Å².